The van der Waals surface area contributed by atoms with Crippen LogP contribution in [0.1, 0.15) is 18.1 Å². The van der Waals surface area contributed by atoms with E-state index in [0.29, 0.717) is 10.6 Å². The van der Waals surface area contributed by atoms with E-state index in [9.17, 15) is 27.6 Å². The molecule has 0 bridgehead atoms. The summed E-state index contributed by atoms with van der Waals surface area (Å²) in [5.41, 5.74) is 0. The van der Waals surface area contributed by atoms with Crippen LogP contribution in [-0.2, 0) is 19.9 Å². The fourth-order valence-electron chi connectivity index (χ4n) is 3.20. The molecular weight excluding hydrogens is 515 g/mol. The average molecular weight is 535 g/mol. The van der Waals surface area contributed by atoms with Crippen LogP contribution in [-0.4, -0.2) is 83.0 Å². The van der Waals surface area contributed by atoms with Crippen molar-refractivity contribution < 1.29 is 67.5 Å². The number of nitrogens with one attached hydrogen (secondary N) is 2. The second kappa shape index (κ2) is 10.9. The molecule has 2 saturated heterocycles. The van der Waals surface area contributed by atoms with Gasteiger partial charge < -0.3 is 16.5 Å². The summed E-state index contributed by atoms with van der Waals surface area (Å²) < 4.78 is 36.4. The maximum atomic E-state index is 12.8. The number of urea groups is 2. The third-order valence-electron chi connectivity index (χ3n) is 4.94. The van der Waals surface area contributed by atoms with Gasteiger partial charge in [0.15, 0.2) is 0 Å². The van der Waals surface area contributed by atoms with Crippen molar-refractivity contribution in [2.75, 3.05) is 19.6 Å². The number of rotatable bonds is 7. The molecular formula is C18H19N6NaO8S2. The van der Waals surface area contributed by atoms with Gasteiger partial charge in [-0.3, -0.25) is 14.1 Å². The van der Waals surface area contributed by atoms with E-state index in [0.717, 1.165) is 21.2 Å². The van der Waals surface area contributed by atoms with Crippen molar-refractivity contribution in [2.45, 2.75) is 12.1 Å². The maximum Gasteiger partial charge on any atom is 1.00 e. The van der Waals surface area contributed by atoms with Crippen molar-refractivity contribution in [3.63, 3.8) is 0 Å². The number of β-lactam (4-membered cyclic amide) rings is 1. The van der Waals surface area contributed by atoms with E-state index in [2.05, 4.69) is 15.7 Å². The number of furan rings is 1. The van der Waals surface area contributed by atoms with Gasteiger partial charge in [-0.05, 0) is 23.6 Å². The molecule has 2 aliphatic heterocycles. The van der Waals surface area contributed by atoms with Gasteiger partial charge in [0.25, 0.3) is 5.91 Å². The van der Waals surface area contributed by atoms with Gasteiger partial charge in [0, 0.05) is 4.88 Å². The van der Waals surface area contributed by atoms with Crippen molar-refractivity contribution in [3.05, 3.63) is 46.5 Å². The summed E-state index contributed by atoms with van der Waals surface area (Å²) in [6.07, 6.45) is 2.77. The maximum absolute atomic E-state index is 12.8. The minimum atomic E-state index is -4.71. The summed E-state index contributed by atoms with van der Waals surface area (Å²) in [6, 6.07) is 2.52. The van der Waals surface area contributed by atoms with E-state index in [1.165, 1.54) is 12.5 Å². The molecule has 4 rings (SSSR count). The molecule has 2 aromatic rings. The molecule has 0 aliphatic carbocycles. The molecule has 2 fully saturated rings. The number of hydrazone groups is 1. The van der Waals surface area contributed by atoms with Crippen molar-refractivity contribution in [1.29, 1.82) is 0 Å². The van der Waals surface area contributed by atoms with E-state index in [1.54, 1.807) is 29.6 Å². The quantitative estimate of drug-likeness (QED) is 0.146. The van der Waals surface area contributed by atoms with Crippen molar-refractivity contribution in [2.24, 2.45) is 5.10 Å². The van der Waals surface area contributed by atoms with Gasteiger partial charge >= 0.3 is 51.9 Å². The van der Waals surface area contributed by atoms with E-state index in [1.807, 2.05) is 0 Å². The SMILES string of the molecule is O=C(NC1CN(S(=O)(=O)O)C1=O)C(NC(=O)N1CCN(N=Cc2ccco2)C1=O)c1cccs1.[H-].[Na+]. The zero-order valence-corrected chi connectivity index (χ0v) is 21.9. The van der Waals surface area contributed by atoms with Crippen LogP contribution in [0.3, 0.4) is 0 Å². The van der Waals surface area contributed by atoms with E-state index in [4.69, 9.17) is 8.97 Å². The van der Waals surface area contributed by atoms with Gasteiger partial charge in [0.05, 0.1) is 32.1 Å². The molecule has 17 heteroatoms. The largest absolute Gasteiger partial charge is 1.00 e. The molecule has 3 N–H and O–H groups in total. The first-order valence-electron chi connectivity index (χ1n) is 9.75. The molecule has 35 heavy (non-hydrogen) atoms. The van der Waals surface area contributed by atoms with Crippen molar-refractivity contribution in [3.8, 4) is 0 Å². The van der Waals surface area contributed by atoms with Crippen LogP contribution in [0.2, 0.25) is 0 Å². The number of thiophene rings is 1. The Morgan fingerprint density at radius 3 is 2.66 bits per heavy atom. The molecule has 2 atom stereocenters. The first-order valence-corrected chi connectivity index (χ1v) is 12.0. The average Bonchev–Trinajstić information content (AvgIpc) is 3.54. The number of imide groups is 1. The van der Waals surface area contributed by atoms with E-state index >= 15 is 0 Å². The van der Waals surface area contributed by atoms with Crippen LogP contribution < -0.4 is 40.2 Å². The van der Waals surface area contributed by atoms with Gasteiger partial charge in [-0.25, -0.2) is 23.8 Å². The molecule has 182 valence electrons. The van der Waals surface area contributed by atoms with Crippen molar-refractivity contribution in [1.82, 2.24) is 24.8 Å². The zero-order valence-electron chi connectivity index (χ0n) is 19.2. The Labute approximate surface area is 226 Å². The van der Waals surface area contributed by atoms with Gasteiger partial charge in [-0.2, -0.15) is 13.5 Å². The summed E-state index contributed by atoms with van der Waals surface area (Å²) in [6.45, 7) is -0.299. The number of hydrogen-bond donors (Lipinski definition) is 3. The summed E-state index contributed by atoms with van der Waals surface area (Å²) in [5, 5.41) is 11.5. The number of nitrogens with zero attached hydrogens (tertiary/aromatic N) is 4. The summed E-state index contributed by atoms with van der Waals surface area (Å²) in [4.78, 5) is 51.4. The van der Waals surface area contributed by atoms with Crippen LogP contribution in [0.4, 0.5) is 9.59 Å². The predicted molar refractivity (Wildman–Crippen MR) is 117 cm³/mol. The minimum Gasteiger partial charge on any atom is -1.00 e. The van der Waals surface area contributed by atoms with Gasteiger partial charge in [-0.15, -0.1) is 11.3 Å². The standard InChI is InChI=1S/C18H18N6O8S2.Na.H/c25-15(20-12-10-24(16(12)26)34(29,30)31)14(13-4-2-8-33-13)21-17(27)22-5-6-23(18(22)28)19-9-11-3-1-7-32-11;;/h1-4,7-9,12,14H,5-6,10H2,(H,20,25)(H,21,27)(H,29,30,31);;/q;+1;-1. The third kappa shape index (κ3) is 5.91. The zero-order chi connectivity index (χ0) is 24.5. The second-order valence-electron chi connectivity index (χ2n) is 7.12. The Balaban J connectivity index is 0.00000228. The molecule has 0 spiro atoms. The molecule has 2 aromatic heterocycles. The van der Waals surface area contributed by atoms with Gasteiger partial charge in [0.1, 0.15) is 17.8 Å². The van der Waals surface area contributed by atoms with E-state index in [-0.39, 0.29) is 48.4 Å². The first-order chi connectivity index (χ1) is 16.1. The number of amides is 6. The Kier molecular flexibility index (Phi) is 8.34. The summed E-state index contributed by atoms with van der Waals surface area (Å²) in [5.74, 6) is -1.38. The molecule has 0 radical (unpaired) electrons. The Bertz CT molecular complexity index is 1240. The Morgan fingerprint density at radius 1 is 1.29 bits per heavy atom. The summed E-state index contributed by atoms with van der Waals surface area (Å²) >= 11 is 1.16. The van der Waals surface area contributed by atoms with Crippen LogP contribution in [0.15, 0.2) is 45.4 Å². The third-order valence-corrected chi connectivity index (χ3v) is 6.77. The Morgan fingerprint density at radius 2 is 2.06 bits per heavy atom. The first kappa shape index (κ1) is 26.8. The smallest absolute Gasteiger partial charge is 1.00 e. The number of carbonyl (C=O) groups excluding carboxylic acids is 4. The molecule has 2 unspecified atom stereocenters. The van der Waals surface area contributed by atoms with Crippen LogP contribution >= 0.6 is 11.3 Å². The normalized spacial score (nSPS) is 18.9. The predicted octanol–water partition coefficient (Wildman–Crippen LogP) is -2.89. The fraction of sp³-hybridized carbons (Fsp3) is 0.278. The number of carbonyl (C=O) groups is 4. The molecule has 4 heterocycles. The molecule has 0 saturated carbocycles. The molecule has 14 nitrogen and oxygen atoms in total. The minimum absolute atomic E-state index is 0. The van der Waals surface area contributed by atoms with E-state index < -0.39 is 52.8 Å². The van der Waals surface area contributed by atoms with Crippen LogP contribution in [0.5, 0.6) is 0 Å². The summed E-state index contributed by atoms with van der Waals surface area (Å²) in [7, 11) is -4.71. The van der Waals surface area contributed by atoms with Crippen LogP contribution in [0, 0.1) is 0 Å². The Hall–Kier alpha value is -2.76. The van der Waals surface area contributed by atoms with Gasteiger partial charge in [0.2, 0.25) is 5.91 Å². The van der Waals surface area contributed by atoms with Crippen molar-refractivity contribution >= 4 is 51.7 Å². The monoisotopic (exact) mass is 534 g/mol. The van der Waals surface area contributed by atoms with Crippen LogP contribution in [0.25, 0.3) is 0 Å². The van der Waals surface area contributed by atoms with Gasteiger partial charge in [-0.1, -0.05) is 6.07 Å². The second-order valence-corrected chi connectivity index (χ2v) is 9.44. The number of hydrogen-bond acceptors (Lipinski definition) is 9. The molecule has 0 aromatic carbocycles. The molecule has 2 aliphatic rings. The fourth-order valence-corrected chi connectivity index (χ4v) is 4.67. The topological polar surface area (TPSA) is 182 Å². The molecule has 6 amide bonds.